The van der Waals surface area contributed by atoms with Crippen molar-refractivity contribution in [3.63, 3.8) is 0 Å². The number of nitrogens with zero attached hydrogens (tertiary/aromatic N) is 4. The number of nitrogens with one attached hydrogen (secondary N) is 1. The monoisotopic (exact) mass is 633 g/mol. The fourth-order valence-electron chi connectivity index (χ4n) is 8.11. The molecule has 6 heterocycles. The van der Waals surface area contributed by atoms with Crippen molar-refractivity contribution in [2.24, 2.45) is 0 Å². The first kappa shape index (κ1) is 28.7. The van der Waals surface area contributed by atoms with E-state index in [0.717, 1.165) is 32.2 Å². The largest absolute Gasteiger partial charge is 0.508 e. The highest BCUT2D eigenvalue weighted by Gasteiger charge is 2.49. The van der Waals surface area contributed by atoms with Crippen molar-refractivity contribution in [2.75, 3.05) is 37.7 Å². The summed E-state index contributed by atoms with van der Waals surface area (Å²) in [7, 11) is 0. The number of aromatic hydroxyl groups is 1. The number of phenolic OH excluding ortho intramolecular Hbond substituents is 1. The zero-order chi connectivity index (χ0) is 31.0. The van der Waals surface area contributed by atoms with Gasteiger partial charge in [0.05, 0.1) is 16.8 Å². The Hall–Kier alpha value is -3.78. The molecule has 4 aromatic rings. The van der Waals surface area contributed by atoms with E-state index in [0.29, 0.717) is 42.5 Å². The van der Waals surface area contributed by atoms with E-state index in [1.54, 1.807) is 0 Å². The third-order valence-corrected chi connectivity index (χ3v) is 10.4. The summed E-state index contributed by atoms with van der Waals surface area (Å²) in [6.07, 6.45) is 10.4. The van der Waals surface area contributed by atoms with E-state index in [2.05, 4.69) is 31.0 Å². The van der Waals surface area contributed by atoms with Crippen molar-refractivity contribution >= 4 is 39.0 Å². The number of alkyl halides is 1. The van der Waals surface area contributed by atoms with Crippen LogP contribution in [0.1, 0.15) is 37.7 Å². The van der Waals surface area contributed by atoms with E-state index < -0.39 is 23.3 Å². The van der Waals surface area contributed by atoms with Gasteiger partial charge in [0.25, 0.3) is 0 Å². The topological polar surface area (TPSA) is 73.8 Å². The molecule has 0 amide bonds. The first-order chi connectivity index (χ1) is 21.7. The highest BCUT2D eigenvalue weighted by molar-refractivity contribution is 6.36. The van der Waals surface area contributed by atoms with Crippen LogP contribution >= 0.6 is 11.6 Å². The molecule has 11 heteroatoms. The van der Waals surface area contributed by atoms with Gasteiger partial charge >= 0.3 is 0 Å². The molecule has 0 saturated carbocycles. The van der Waals surface area contributed by atoms with Crippen molar-refractivity contribution in [1.29, 1.82) is 0 Å². The second-order valence-electron chi connectivity index (χ2n) is 12.8. The van der Waals surface area contributed by atoms with Gasteiger partial charge in [-0.15, -0.1) is 6.42 Å². The van der Waals surface area contributed by atoms with Crippen LogP contribution in [0.4, 0.5) is 18.9 Å². The number of anilines is 1. The van der Waals surface area contributed by atoms with Crippen molar-refractivity contribution in [1.82, 2.24) is 20.2 Å². The molecule has 0 unspecified atom stereocenters. The maximum absolute atomic E-state index is 16.8. The molecule has 4 aliphatic rings. The third-order valence-electron chi connectivity index (χ3n) is 10.1. The number of hydrogen-bond acceptors (Lipinski definition) is 7. The minimum atomic E-state index is -0.929. The summed E-state index contributed by atoms with van der Waals surface area (Å²) in [6.45, 7) is 2.69. The molecule has 45 heavy (non-hydrogen) atoms. The minimum Gasteiger partial charge on any atom is -0.508 e. The van der Waals surface area contributed by atoms with Gasteiger partial charge in [0.1, 0.15) is 40.6 Å². The zero-order valence-corrected chi connectivity index (χ0v) is 25.2. The lowest BCUT2D eigenvalue weighted by molar-refractivity contribution is 0.111. The normalized spacial score (nSPS) is 26.1. The summed E-state index contributed by atoms with van der Waals surface area (Å²) >= 11 is 7.07. The molecular formula is C34H31ClF3N5O2. The Morgan fingerprint density at radius 1 is 1.18 bits per heavy atom. The molecule has 4 fully saturated rings. The van der Waals surface area contributed by atoms with Crippen molar-refractivity contribution in [3.8, 4) is 35.2 Å². The highest BCUT2D eigenvalue weighted by Crippen LogP contribution is 2.46. The Kier molecular flexibility index (Phi) is 6.79. The van der Waals surface area contributed by atoms with Gasteiger partial charge in [-0.1, -0.05) is 23.6 Å². The Labute approximate surface area is 263 Å². The number of piperazine rings is 1. The Bertz CT molecular complexity index is 1910. The average molecular weight is 634 g/mol. The molecule has 0 aliphatic carbocycles. The van der Waals surface area contributed by atoms with E-state index in [4.69, 9.17) is 22.8 Å². The van der Waals surface area contributed by atoms with E-state index in [9.17, 15) is 13.9 Å². The molecular weight excluding hydrogens is 603 g/mol. The van der Waals surface area contributed by atoms with E-state index >= 15 is 4.39 Å². The smallest absolute Gasteiger partial charge is 0.235 e. The molecule has 232 valence electrons. The highest BCUT2D eigenvalue weighted by atomic mass is 35.5. The molecule has 2 aromatic heterocycles. The molecule has 0 radical (unpaired) electrons. The lowest BCUT2D eigenvalue weighted by atomic mass is 9.95. The van der Waals surface area contributed by atoms with E-state index in [-0.39, 0.29) is 63.1 Å². The van der Waals surface area contributed by atoms with Gasteiger partial charge in [-0.3, -0.25) is 9.88 Å². The molecule has 4 atom stereocenters. The molecule has 7 nitrogen and oxygen atoms in total. The lowest BCUT2D eigenvalue weighted by Gasteiger charge is -2.36. The molecule has 4 aliphatic heterocycles. The van der Waals surface area contributed by atoms with Crippen LogP contribution in [0.25, 0.3) is 32.9 Å². The standard InChI is InChI=1S/C34H31ClF3N5O2/c1-2-23-26(37)7-4-18-10-22(44)11-24(27(18)23)30-29(38)31-25(13-39-30)32(42-15-20-5-6-21(16-42)40-20)28(35)33(41-31)45-17-34-8-3-9-43(34)14-19(36)12-34/h1,4,7,10-11,13,19-21,40,44H,3,5-6,8-9,12,14-17H2/t19-,20-,21+,34+/m1/s1. The van der Waals surface area contributed by atoms with Crippen LogP contribution in [0.15, 0.2) is 30.5 Å². The van der Waals surface area contributed by atoms with Gasteiger partial charge in [0.2, 0.25) is 5.88 Å². The van der Waals surface area contributed by atoms with Crippen LogP contribution in [-0.2, 0) is 0 Å². The molecule has 2 bridgehead atoms. The summed E-state index contributed by atoms with van der Waals surface area (Å²) in [5.74, 6) is 0.866. The van der Waals surface area contributed by atoms with Crippen LogP contribution in [0.5, 0.6) is 11.6 Å². The number of terminal acetylenes is 1. The van der Waals surface area contributed by atoms with Gasteiger partial charge in [0, 0.05) is 60.7 Å². The summed E-state index contributed by atoms with van der Waals surface area (Å²) in [6, 6.07) is 5.99. The van der Waals surface area contributed by atoms with Gasteiger partial charge in [-0.2, -0.15) is 0 Å². The van der Waals surface area contributed by atoms with Gasteiger partial charge in [-0.25, -0.2) is 18.2 Å². The number of pyridine rings is 2. The van der Waals surface area contributed by atoms with E-state index in [1.165, 1.54) is 30.5 Å². The van der Waals surface area contributed by atoms with Crippen LogP contribution in [0.3, 0.4) is 0 Å². The number of aromatic nitrogens is 2. The van der Waals surface area contributed by atoms with Crippen LogP contribution in [-0.4, -0.2) is 76.6 Å². The molecule has 8 rings (SSSR count). The second kappa shape index (κ2) is 10.6. The average Bonchev–Trinajstić information content (AvgIpc) is 3.66. The minimum absolute atomic E-state index is 0.0222. The number of benzene rings is 2. The summed E-state index contributed by atoms with van der Waals surface area (Å²) in [5, 5.41) is 15.5. The zero-order valence-electron chi connectivity index (χ0n) is 24.4. The van der Waals surface area contributed by atoms with E-state index in [1.807, 2.05) is 0 Å². The number of halogens is 4. The van der Waals surface area contributed by atoms with Crippen LogP contribution < -0.4 is 15.0 Å². The van der Waals surface area contributed by atoms with Crippen molar-refractivity contribution in [3.05, 3.63) is 52.7 Å². The number of ether oxygens (including phenoxy) is 1. The third kappa shape index (κ3) is 4.58. The quantitative estimate of drug-likeness (QED) is 0.263. The predicted octanol–water partition coefficient (Wildman–Crippen LogP) is 5.96. The lowest BCUT2D eigenvalue weighted by Crippen LogP contribution is -2.51. The fraction of sp³-hybridized carbons (Fsp3) is 0.412. The van der Waals surface area contributed by atoms with Gasteiger partial charge < -0.3 is 20.1 Å². The first-order valence-corrected chi connectivity index (χ1v) is 15.8. The summed E-state index contributed by atoms with van der Waals surface area (Å²) in [4.78, 5) is 13.4. The van der Waals surface area contributed by atoms with Gasteiger partial charge in [0.15, 0.2) is 5.82 Å². The second-order valence-corrected chi connectivity index (χ2v) is 13.2. The molecule has 4 saturated heterocycles. The predicted molar refractivity (Wildman–Crippen MR) is 168 cm³/mol. The maximum Gasteiger partial charge on any atom is 0.235 e. The summed E-state index contributed by atoms with van der Waals surface area (Å²) < 4.78 is 52.5. The van der Waals surface area contributed by atoms with Crippen molar-refractivity contribution < 1.29 is 23.0 Å². The van der Waals surface area contributed by atoms with Crippen LogP contribution in [0, 0.1) is 24.0 Å². The molecule has 0 spiro atoms. The number of rotatable bonds is 5. The summed E-state index contributed by atoms with van der Waals surface area (Å²) in [5.41, 5.74) is 0.0430. The van der Waals surface area contributed by atoms with Gasteiger partial charge in [-0.05, 0) is 55.8 Å². The maximum atomic E-state index is 16.8. The Morgan fingerprint density at radius 2 is 1.98 bits per heavy atom. The first-order valence-electron chi connectivity index (χ1n) is 15.4. The Balaban J connectivity index is 1.30. The number of hydrogen-bond donors (Lipinski definition) is 2. The Morgan fingerprint density at radius 3 is 2.76 bits per heavy atom. The molecule has 2 aromatic carbocycles. The molecule has 2 N–H and O–H groups in total. The van der Waals surface area contributed by atoms with Crippen molar-refractivity contribution in [2.45, 2.75) is 55.9 Å². The fourth-order valence-corrected chi connectivity index (χ4v) is 8.42. The number of fused-ring (bicyclic) bond motifs is 5. The number of phenols is 1. The van der Waals surface area contributed by atoms with Crippen LogP contribution in [0.2, 0.25) is 5.02 Å². The SMILES string of the molecule is C#Cc1c(F)ccc2cc(O)cc(-c3ncc4c(N5C[C@H]6CC[C@@H](C5)N6)c(Cl)c(OC[C@@]56CCCN5C[C@H](F)C6)nc4c3F)c12.